The zero-order valence-corrected chi connectivity index (χ0v) is 19.5. The molecule has 0 aliphatic carbocycles. The van der Waals surface area contributed by atoms with Gasteiger partial charge >= 0.3 is 0 Å². The molecule has 3 heterocycles. The lowest BCUT2D eigenvalue weighted by Crippen LogP contribution is -2.27. The van der Waals surface area contributed by atoms with E-state index < -0.39 is 0 Å². The highest BCUT2D eigenvalue weighted by Gasteiger charge is 2.27. The number of amides is 1. The first-order valence-corrected chi connectivity index (χ1v) is 10.7. The van der Waals surface area contributed by atoms with Gasteiger partial charge in [0.15, 0.2) is 5.69 Å². The molecule has 4 rings (SSSR count). The van der Waals surface area contributed by atoms with Crippen LogP contribution in [0.3, 0.4) is 0 Å². The zero-order chi connectivity index (χ0) is 23.5. The van der Waals surface area contributed by atoms with Crippen molar-refractivity contribution in [3.05, 3.63) is 71.3 Å². The van der Waals surface area contributed by atoms with Crippen LogP contribution in [0.15, 0.2) is 48.7 Å². The second-order valence-corrected chi connectivity index (χ2v) is 7.71. The summed E-state index contributed by atoms with van der Waals surface area (Å²) in [7, 11) is 3.35. The number of para-hydroxylation sites is 2. The molecule has 0 spiro atoms. The Hall–Kier alpha value is -4.01. The highest BCUT2D eigenvalue weighted by Crippen LogP contribution is 2.29. The van der Waals surface area contributed by atoms with E-state index in [1.165, 1.54) is 0 Å². The van der Waals surface area contributed by atoms with Crippen molar-refractivity contribution in [2.75, 3.05) is 14.2 Å². The van der Waals surface area contributed by atoms with Gasteiger partial charge in [0.2, 0.25) is 0 Å². The average Bonchev–Trinajstić information content (AvgIpc) is 3.40. The summed E-state index contributed by atoms with van der Waals surface area (Å²) in [5.41, 5.74) is 5.00. The van der Waals surface area contributed by atoms with Crippen molar-refractivity contribution in [1.29, 1.82) is 0 Å². The quantitative estimate of drug-likeness (QED) is 0.433. The normalized spacial score (nSPS) is 10.9. The maximum absolute atomic E-state index is 13.6. The molecular weight excluding hydrogens is 418 g/mol. The van der Waals surface area contributed by atoms with Gasteiger partial charge in [0.05, 0.1) is 18.5 Å². The van der Waals surface area contributed by atoms with Gasteiger partial charge in [-0.2, -0.15) is 5.10 Å². The first-order chi connectivity index (χ1) is 16.0. The first kappa shape index (κ1) is 22.2. The van der Waals surface area contributed by atoms with E-state index >= 15 is 0 Å². The Bertz CT molecular complexity index is 1280. The Morgan fingerprint density at radius 3 is 2.55 bits per heavy atom. The summed E-state index contributed by atoms with van der Waals surface area (Å²) in [5, 5.41) is 13.2. The molecule has 0 atom stereocenters. The maximum Gasteiger partial charge on any atom is 0.276 e. The minimum absolute atomic E-state index is 0.222. The molecule has 0 aliphatic heterocycles. The number of hydrogen-bond donors (Lipinski definition) is 0. The van der Waals surface area contributed by atoms with E-state index in [4.69, 9.17) is 4.74 Å². The molecule has 9 heteroatoms. The predicted molar refractivity (Wildman–Crippen MR) is 124 cm³/mol. The van der Waals surface area contributed by atoms with Crippen LogP contribution in [0.25, 0.3) is 17.1 Å². The van der Waals surface area contributed by atoms with Gasteiger partial charge in [-0.15, -0.1) is 5.10 Å². The van der Waals surface area contributed by atoms with Crippen molar-refractivity contribution in [3.63, 3.8) is 0 Å². The SMILES string of the molecule is CCn1nc(C)c(CN(C)C(=O)c2nnn(-c3ccccc3OC)c2-c2ccccn2)c1C. The van der Waals surface area contributed by atoms with Gasteiger partial charge in [-0.1, -0.05) is 23.4 Å². The van der Waals surface area contributed by atoms with Crippen LogP contribution >= 0.6 is 0 Å². The fourth-order valence-corrected chi connectivity index (χ4v) is 3.89. The van der Waals surface area contributed by atoms with Gasteiger partial charge in [0.25, 0.3) is 5.91 Å². The lowest BCUT2D eigenvalue weighted by atomic mass is 10.1. The molecule has 9 nitrogen and oxygen atoms in total. The number of aryl methyl sites for hydroxylation is 2. The molecule has 4 aromatic rings. The van der Waals surface area contributed by atoms with Gasteiger partial charge in [-0.3, -0.25) is 14.5 Å². The van der Waals surface area contributed by atoms with Crippen molar-refractivity contribution in [1.82, 2.24) is 34.7 Å². The molecule has 1 amide bonds. The Kier molecular flexibility index (Phi) is 6.21. The molecule has 0 saturated carbocycles. The van der Waals surface area contributed by atoms with Crippen molar-refractivity contribution >= 4 is 5.91 Å². The molecule has 0 bridgehead atoms. The topological polar surface area (TPSA) is 91.0 Å². The predicted octanol–water partition coefficient (Wildman–Crippen LogP) is 3.44. The van der Waals surface area contributed by atoms with Gasteiger partial charge in [0.1, 0.15) is 17.1 Å². The van der Waals surface area contributed by atoms with Crippen LogP contribution in [0.4, 0.5) is 0 Å². The highest BCUT2D eigenvalue weighted by atomic mass is 16.5. The molecule has 0 radical (unpaired) electrons. The van der Waals surface area contributed by atoms with E-state index in [2.05, 4.69) is 20.4 Å². The number of hydrogen-bond acceptors (Lipinski definition) is 6. The fraction of sp³-hybridized carbons (Fsp3) is 0.292. The zero-order valence-electron chi connectivity index (χ0n) is 19.5. The van der Waals surface area contributed by atoms with Crippen molar-refractivity contribution in [2.45, 2.75) is 33.9 Å². The van der Waals surface area contributed by atoms with E-state index in [1.807, 2.05) is 67.9 Å². The number of carbonyl (C=O) groups is 1. The van der Waals surface area contributed by atoms with Crippen LogP contribution < -0.4 is 4.74 Å². The second-order valence-electron chi connectivity index (χ2n) is 7.71. The Morgan fingerprint density at radius 1 is 1.12 bits per heavy atom. The van der Waals surface area contributed by atoms with E-state index in [1.54, 1.807) is 29.9 Å². The summed E-state index contributed by atoms with van der Waals surface area (Å²) in [6.07, 6.45) is 1.68. The van der Waals surface area contributed by atoms with Crippen LogP contribution in [0.2, 0.25) is 0 Å². The van der Waals surface area contributed by atoms with Gasteiger partial charge in [-0.05, 0) is 45.0 Å². The van der Waals surface area contributed by atoms with E-state index in [0.29, 0.717) is 29.4 Å². The molecule has 0 unspecified atom stereocenters. The summed E-state index contributed by atoms with van der Waals surface area (Å²) in [6, 6.07) is 13.0. The minimum atomic E-state index is -0.250. The lowest BCUT2D eigenvalue weighted by molar-refractivity contribution is 0.0779. The number of rotatable bonds is 7. The number of carbonyl (C=O) groups excluding carboxylic acids is 1. The smallest absolute Gasteiger partial charge is 0.276 e. The average molecular weight is 446 g/mol. The molecule has 33 heavy (non-hydrogen) atoms. The number of pyridine rings is 1. The summed E-state index contributed by atoms with van der Waals surface area (Å²) in [4.78, 5) is 19.7. The fourth-order valence-electron chi connectivity index (χ4n) is 3.89. The van der Waals surface area contributed by atoms with E-state index in [0.717, 1.165) is 23.5 Å². The highest BCUT2D eigenvalue weighted by molar-refractivity contribution is 5.97. The second kappa shape index (κ2) is 9.23. The monoisotopic (exact) mass is 445 g/mol. The Balaban J connectivity index is 1.77. The van der Waals surface area contributed by atoms with Crippen LogP contribution in [-0.2, 0) is 13.1 Å². The molecular formula is C24H27N7O2. The number of nitrogens with zero attached hydrogens (tertiary/aromatic N) is 7. The molecule has 0 fully saturated rings. The third-order valence-electron chi connectivity index (χ3n) is 5.67. The molecule has 1 aromatic carbocycles. The summed E-state index contributed by atoms with van der Waals surface area (Å²) in [5.74, 6) is 0.366. The van der Waals surface area contributed by atoms with Crippen LogP contribution in [-0.4, -0.2) is 54.7 Å². The lowest BCUT2D eigenvalue weighted by Gasteiger charge is -2.17. The van der Waals surface area contributed by atoms with Crippen molar-refractivity contribution in [3.8, 4) is 22.8 Å². The van der Waals surface area contributed by atoms with Gasteiger partial charge < -0.3 is 9.64 Å². The summed E-state index contributed by atoms with van der Waals surface area (Å²) >= 11 is 0. The van der Waals surface area contributed by atoms with Crippen molar-refractivity contribution < 1.29 is 9.53 Å². The van der Waals surface area contributed by atoms with E-state index in [9.17, 15) is 4.79 Å². The molecule has 170 valence electrons. The summed E-state index contributed by atoms with van der Waals surface area (Å²) < 4.78 is 9.06. The first-order valence-electron chi connectivity index (χ1n) is 10.7. The van der Waals surface area contributed by atoms with Crippen LogP contribution in [0.5, 0.6) is 5.75 Å². The molecule has 3 aromatic heterocycles. The number of methoxy groups -OCH3 is 1. The van der Waals surface area contributed by atoms with Crippen LogP contribution in [0, 0.1) is 13.8 Å². The molecule has 0 aliphatic rings. The maximum atomic E-state index is 13.6. The number of ether oxygens (including phenoxy) is 1. The number of benzene rings is 1. The molecule has 0 saturated heterocycles. The van der Waals surface area contributed by atoms with E-state index in [-0.39, 0.29) is 11.6 Å². The van der Waals surface area contributed by atoms with Crippen LogP contribution in [0.1, 0.15) is 34.4 Å². The summed E-state index contributed by atoms with van der Waals surface area (Å²) in [6.45, 7) is 7.23. The Morgan fingerprint density at radius 2 is 1.88 bits per heavy atom. The molecule has 0 N–H and O–H groups in total. The number of aromatic nitrogens is 6. The Labute approximate surface area is 192 Å². The van der Waals surface area contributed by atoms with Crippen molar-refractivity contribution in [2.24, 2.45) is 0 Å². The third kappa shape index (κ3) is 4.09. The van der Waals surface area contributed by atoms with Gasteiger partial charge in [0, 0.05) is 37.6 Å². The van der Waals surface area contributed by atoms with Gasteiger partial charge in [-0.25, -0.2) is 4.68 Å². The third-order valence-corrected chi connectivity index (χ3v) is 5.67. The standard InChI is InChI=1S/C24H27N7O2/c1-6-30-17(3)18(16(2)27-30)15-29(4)24(32)22-23(19-11-9-10-14-25-19)31(28-26-22)20-12-7-8-13-21(20)33-5/h7-14H,6,15H2,1-5H3. The largest absolute Gasteiger partial charge is 0.494 e. The minimum Gasteiger partial charge on any atom is -0.494 e.